The predicted molar refractivity (Wildman–Crippen MR) is 74.1 cm³/mol. The van der Waals surface area contributed by atoms with Crippen molar-refractivity contribution in [3.05, 3.63) is 17.8 Å². The molecule has 1 heterocycles. The molecule has 0 unspecified atom stereocenters. The number of aromatic nitrogens is 1. The third-order valence-electron chi connectivity index (χ3n) is 3.18. The molecule has 4 nitrogen and oxygen atoms in total. The minimum absolute atomic E-state index is 0.120. The lowest BCUT2D eigenvalue weighted by Gasteiger charge is -2.33. The van der Waals surface area contributed by atoms with Crippen molar-refractivity contribution in [2.24, 2.45) is 5.41 Å². The van der Waals surface area contributed by atoms with E-state index >= 15 is 0 Å². The molecule has 1 aromatic heterocycles. The number of carbonyl (C=O) groups is 1. The molecule has 0 atom stereocenters. The van der Waals surface area contributed by atoms with E-state index in [-0.39, 0.29) is 16.9 Å². The van der Waals surface area contributed by atoms with Gasteiger partial charge in [-0.3, -0.25) is 4.79 Å². The van der Waals surface area contributed by atoms with E-state index in [1.807, 2.05) is 13.8 Å². The van der Waals surface area contributed by atoms with Crippen LogP contribution < -0.4 is 5.32 Å². The van der Waals surface area contributed by atoms with Crippen LogP contribution in [0.15, 0.2) is 10.8 Å². The Morgan fingerprint density at radius 1 is 1.37 bits per heavy atom. The quantitative estimate of drug-likeness (QED) is 0.905. The fraction of sp³-hybridized carbons (Fsp3) is 0.733. The fourth-order valence-electron chi connectivity index (χ4n) is 2.80. The normalized spacial score (nSPS) is 16.5. The van der Waals surface area contributed by atoms with Crippen molar-refractivity contribution in [1.82, 2.24) is 10.3 Å². The Labute approximate surface area is 115 Å². The van der Waals surface area contributed by atoms with Crippen molar-refractivity contribution >= 4 is 5.91 Å². The largest absolute Gasteiger partial charge is 0.447 e. The van der Waals surface area contributed by atoms with Crippen LogP contribution in [0.25, 0.3) is 0 Å². The van der Waals surface area contributed by atoms with Gasteiger partial charge in [0.2, 0.25) is 0 Å². The second kappa shape index (κ2) is 4.66. The minimum atomic E-state index is -0.255. The van der Waals surface area contributed by atoms with E-state index < -0.39 is 0 Å². The maximum atomic E-state index is 12.3. The Morgan fingerprint density at radius 3 is 2.53 bits per heavy atom. The molecule has 4 heteroatoms. The molecule has 1 N–H and O–H groups in total. The van der Waals surface area contributed by atoms with E-state index in [0.29, 0.717) is 11.6 Å². The number of rotatable bonds is 4. The smallest absolute Gasteiger partial charge is 0.273 e. The van der Waals surface area contributed by atoms with Crippen molar-refractivity contribution in [2.75, 3.05) is 0 Å². The number of carbonyl (C=O) groups excluding carboxylic acids is 1. The summed E-state index contributed by atoms with van der Waals surface area (Å²) in [7, 11) is 0. The zero-order valence-corrected chi connectivity index (χ0v) is 12.5. The van der Waals surface area contributed by atoms with E-state index in [2.05, 4.69) is 31.1 Å². The molecule has 1 aromatic rings. The minimum Gasteiger partial charge on any atom is -0.447 e. The van der Waals surface area contributed by atoms with E-state index in [9.17, 15) is 4.79 Å². The highest BCUT2D eigenvalue weighted by Crippen LogP contribution is 2.41. The van der Waals surface area contributed by atoms with Crippen molar-refractivity contribution in [1.29, 1.82) is 0 Å². The Hall–Kier alpha value is -1.32. The van der Waals surface area contributed by atoms with Gasteiger partial charge in [0.15, 0.2) is 12.1 Å². The van der Waals surface area contributed by atoms with Crippen molar-refractivity contribution < 1.29 is 9.21 Å². The van der Waals surface area contributed by atoms with Crippen LogP contribution >= 0.6 is 0 Å². The van der Waals surface area contributed by atoms with Crippen molar-refractivity contribution in [3.63, 3.8) is 0 Å². The van der Waals surface area contributed by atoms with Gasteiger partial charge in [-0.05, 0) is 38.5 Å². The first-order chi connectivity index (χ1) is 8.68. The number of nitrogens with one attached hydrogen (secondary N) is 1. The van der Waals surface area contributed by atoms with Crippen LogP contribution in [0.3, 0.4) is 0 Å². The van der Waals surface area contributed by atoms with Crippen LogP contribution in [0.2, 0.25) is 0 Å². The monoisotopic (exact) mass is 264 g/mol. The summed E-state index contributed by atoms with van der Waals surface area (Å²) >= 11 is 0. The number of amides is 1. The van der Waals surface area contributed by atoms with Crippen LogP contribution in [0.1, 0.15) is 76.0 Å². The van der Waals surface area contributed by atoms with Gasteiger partial charge < -0.3 is 9.73 Å². The first-order valence-corrected chi connectivity index (χ1v) is 6.94. The first-order valence-electron chi connectivity index (χ1n) is 6.94. The summed E-state index contributed by atoms with van der Waals surface area (Å²) in [6, 6.07) is 0. The van der Waals surface area contributed by atoms with Gasteiger partial charge >= 0.3 is 0 Å². The SMILES string of the molecule is CC(C)(C)CC(C)(C)NC(=O)c1ncoc1C1CC1. The molecule has 0 spiro atoms. The molecule has 1 amide bonds. The van der Waals surface area contributed by atoms with E-state index in [4.69, 9.17) is 4.42 Å². The highest BCUT2D eigenvalue weighted by molar-refractivity contribution is 5.93. The molecule has 1 aliphatic carbocycles. The molecule has 0 radical (unpaired) electrons. The zero-order valence-electron chi connectivity index (χ0n) is 12.5. The Balaban J connectivity index is 2.06. The molecule has 0 aliphatic heterocycles. The topological polar surface area (TPSA) is 55.1 Å². The lowest BCUT2D eigenvalue weighted by atomic mass is 9.82. The molecule has 1 saturated carbocycles. The van der Waals surface area contributed by atoms with Gasteiger partial charge in [0, 0.05) is 11.5 Å². The number of oxazole rings is 1. The molecule has 0 aromatic carbocycles. The van der Waals surface area contributed by atoms with Gasteiger partial charge in [-0.15, -0.1) is 0 Å². The molecule has 1 aliphatic rings. The van der Waals surface area contributed by atoms with Gasteiger partial charge in [-0.2, -0.15) is 0 Å². The Morgan fingerprint density at radius 2 is 2.00 bits per heavy atom. The van der Waals surface area contributed by atoms with E-state index in [0.717, 1.165) is 25.0 Å². The average Bonchev–Trinajstić information content (AvgIpc) is 2.91. The fourth-order valence-corrected chi connectivity index (χ4v) is 2.80. The summed E-state index contributed by atoms with van der Waals surface area (Å²) in [5, 5.41) is 3.08. The molecular weight excluding hydrogens is 240 g/mol. The number of hydrogen-bond donors (Lipinski definition) is 1. The molecule has 1 fully saturated rings. The predicted octanol–water partition coefficient (Wildman–Crippen LogP) is 3.50. The Bertz CT molecular complexity index is 465. The lowest BCUT2D eigenvalue weighted by molar-refractivity contribution is 0.0885. The molecule has 0 bridgehead atoms. The highest BCUT2D eigenvalue weighted by atomic mass is 16.3. The summed E-state index contributed by atoms with van der Waals surface area (Å²) < 4.78 is 5.35. The third kappa shape index (κ3) is 3.82. The van der Waals surface area contributed by atoms with Crippen molar-refractivity contribution in [3.8, 4) is 0 Å². The van der Waals surface area contributed by atoms with Gasteiger partial charge in [0.25, 0.3) is 5.91 Å². The van der Waals surface area contributed by atoms with Crippen LogP contribution in [-0.2, 0) is 0 Å². The number of hydrogen-bond acceptors (Lipinski definition) is 3. The third-order valence-corrected chi connectivity index (χ3v) is 3.18. The van der Waals surface area contributed by atoms with Gasteiger partial charge in [-0.25, -0.2) is 4.98 Å². The summed E-state index contributed by atoms with van der Waals surface area (Å²) in [5.74, 6) is 1.03. The van der Waals surface area contributed by atoms with Crippen LogP contribution in [0.4, 0.5) is 0 Å². The standard InChI is InChI=1S/C15H24N2O2/c1-14(2,3)8-15(4,5)17-13(18)11-12(10-6-7-10)19-9-16-11/h9-10H,6-8H2,1-5H3,(H,17,18). The molecule has 2 rings (SSSR count). The molecular formula is C15H24N2O2. The highest BCUT2D eigenvalue weighted by Gasteiger charge is 2.34. The first kappa shape index (κ1) is 14.1. The second-order valence-corrected chi connectivity index (χ2v) is 7.41. The van der Waals surface area contributed by atoms with Crippen molar-refractivity contribution in [2.45, 2.75) is 65.3 Å². The van der Waals surface area contributed by atoms with Crippen LogP contribution in [0.5, 0.6) is 0 Å². The maximum Gasteiger partial charge on any atom is 0.273 e. The summed E-state index contributed by atoms with van der Waals surface area (Å²) in [6.07, 6.45) is 4.48. The Kier molecular flexibility index (Phi) is 3.45. The summed E-state index contributed by atoms with van der Waals surface area (Å²) in [4.78, 5) is 16.4. The second-order valence-electron chi connectivity index (χ2n) is 7.41. The van der Waals surface area contributed by atoms with Gasteiger partial charge in [0.1, 0.15) is 5.76 Å². The average molecular weight is 264 g/mol. The molecule has 0 saturated heterocycles. The lowest BCUT2D eigenvalue weighted by Crippen LogP contribution is -2.46. The van der Waals surface area contributed by atoms with Gasteiger partial charge in [0.05, 0.1) is 0 Å². The van der Waals surface area contributed by atoms with Gasteiger partial charge in [-0.1, -0.05) is 20.8 Å². The van der Waals surface area contributed by atoms with E-state index in [1.54, 1.807) is 0 Å². The summed E-state index contributed by atoms with van der Waals surface area (Å²) in [5.41, 5.74) is 0.374. The van der Waals surface area contributed by atoms with Crippen LogP contribution in [-0.4, -0.2) is 16.4 Å². The summed E-state index contributed by atoms with van der Waals surface area (Å²) in [6.45, 7) is 10.6. The van der Waals surface area contributed by atoms with Crippen LogP contribution in [0, 0.1) is 5.41 Å². The number of nitrogens with zero attached hydrogens (tertiary/aromatic N) is 1. The zero-order chi connectivity index (χ0) is 14.3. The molecule has 106 valence electrons. The van der Waals surface area contributed by atoms with E-state index in [1.165, 1.54) is 6.39 Å². The maximum absolute atomic E-state index is 12.3. The molecule has 19 heavy (non-hydrogen) atoms.